The zero-order valence-corrected chi connectivity index (χ0v) is 12.3. The molecule has 0 spiro atoms. The summed E-state index contributed by atoms with van der Waals surface area (Å²) in [5, 5.41) is 0. The molecule has 19 heavy (non-hydrogen) atoms. The first-order valence-electron chi connectivity index (χ1n) is 6.93. The third kappa shape index (κ3) is 3.41. The molecule has 3 heteroatoms. The lowest BCUT2D eigenvalue weighted by Gasteiger charge is -2.26. The van der Waals surface area contributed by atoms with Gasteiger partial charge in [-0.25, -0.2) is 0 Å². The van der Waals surface area contributed by atoms with Crippen molar-refractivity contribution in [3.05, 3.63) is 30.1 Å². The van der Waals surface area contributed by atoms with Crippen molar-refractivity contribution in [2.24, 2.45) is 5.92 Å². The summed E-state index contributed by atoms with van der Waals surface area (Å²) < 4.78 is 5.99. The molecule has 1 atom stereocenters. The fourth-order valence-corrected chi connectivity index (χ4v) is 3.04. The summed E-state index contributed by atoms with van der Waals surface area (Å²) >= 11 is 0. The smallest absolute Gasteiger partial charge is 0.139 e. The Hall–Kier alpha value is -1.22. The lowest BCUT2D eigenvalue weighted by molar-refractivity contribution is -0.129. The van der Waals surface area contributed by atoms with Crippen LogP contribution in [0.15, 0.2) is 24.4 Å². The van der Waals surface area contributed by atoms with Crippen molar-refractivity contribution < 1.29 is 9.53 Å². The maximum absolute atomic E-state index is 12.4. The Balaban J connectivity index is 1.97. The van der Waals surface area contributed by atoms with E-state index in [4.69, 9.17) is 4.74 Å². The summed E-state index contributed by atoms with van der Waals surface area (Å²) in [6.45, 7) is 8.15. The average Bonchev–Trinajstić information content (AvgIpc) is 2.56. The molecule has 0 aromatic carbocycles. The Morgan fingerprint density at radius 3 is 2.63 bits per heavy atom. The molecule has 1 fully saturated rings. The van der Waals surface area contributed by atoms with Gasteiger partial charge in [0.15, 0.2) is 0 Å². The molecule has 1 aliphatic heterocycles. The van der Waals surface area contributed by atoms with Crippen LogP contribution in [0.4, 0.5) is 0 Å². The zero-order chi connectivity index (χ0) is 14.1. The lowest BCUT2D eigenvalue weighted by atomic mass is 9.82. The van der Waals surface area contributed by atoms with E-state index in [9.17, 15) is 4.79 Å². The molecule has 104 valence electrons. The highest BCUT2D eigenvalue weighted by Gasteiger charge is 2.48. The van der Waals surface area contributed by atoms with Crippen LogP contribution in [0.5, 0.6) is 0 Å². The monoisotopic (exact) mass is 261 g/mol. The molecule has 1 aliphatic rings. The highest BCUT2D eigenvalue weighted by molar-refractivity contribution is 5.82. The molecule has 1 aromatic rings. The molecule has 0 radical (unpaired) electrons. The van der Waals surface area contributed by atoms with E-state index in [-0.39, 0.29) is 17.1 Å². The number of pyridine rings is 1. The molecule has 1 unspecified atom stereocenters. The van der Waals surface area contributed by atoms with Gasteiger partial charge in [-0.2, -0.15) is 0 Å². The van der Waals surface area contributed by atoms with Gasteiger partial charge in [-0.1, -0.05) is 6.07 Å². The molecule has 0 N–H and O–H groups in total. The van der Waals surface area contributed by atoms with E-state index >= 15 is 0 Å². The van der Waals surface area contributed by atoms with Crippen LogP contribution in [0.25, 0.3) is 0 Å². The third-order valence-corrected chi connectivity index (χ3v) is 3.82. The maximum Gasteiger partial charge on any atom is 0.139 e. The number of carbonyl (C=O) groups excluding carboxylic acids is 1. The number of Topliss-reactive ketones (excluding diaryl/α,β-unsaturated/α-hetero) is 1. The van der Waals surface area contributed by atoms with Crippen LogP contribution >= 0.6 is 0 Å². The lowest BCUT2D eigenvalue weighted by Crippen LogP contribution is -2.34. The summed E-state index contributed by atoms with van der Waals surface area (Å²) in [5.41, 5.74) is 0.423. The van der Waals surface area contributed by atoms with Gasteiger partial charge >= 0.3 is 0 Å². The van der Waals surface area contributed by atoms with E-state index in [1.807, 2.05) is 32.0 Å². The minimum absolute atomic E-state index is 0.00814. The molecule has 0 bridgehead atoms. The minimum atomic E-state index is -0.356. The number of aromatic nitrogens is 1. The fourth-order valence-electron chi connectivity index (χ4n) is 3.04. The molecule has 2 rings (SSSR count). The number of aryl methyl sites for hydroxylation is 1. The van der Waals surface area contributed by atoms with E-state index < -0.39 is 0 Å². The number of hydrogen-bond donors (Lipinski definition) is 0. The van der Waals surface area contributed by atoms with Crippen molar-refractivity contribution >= 4 is 5.78 Å². The molecule has 0 saturated carbocycles. The predicted molar refractivity (Wildman–Crippen MR) is 74.9 cm³/mol. The highest BCUT2D eigenvalue weighted by atomic mass is 16.5. The van der Waals surface area contributed by atoms with Crippen molar-refractivity contribution in [1.29, 1.82) is 0 Å². The number of ketones is 1. The highest BCUT2D eigenvalue weighted by Crippen LogP contribution is 2.42. The van der Waals surface area contributed by atoms with Crippen molar-refractivity contribution in [3.63, 3.8) is 0 Å². The van der Waals surface area contributed by atoms with Gasteiger partial charge in [0.25, 0.3) is 0 Å². The Labute approximate surface area is 115 Å². The summed E-state index contributed by atoms with van der Waals surface area (Å²) in [5.74, 6) is 0.285. The molecule has 3 nitrogen and oxygen atoms in total. The normalized spacial score (nSPS) is 24.3. The first-order chi connectivity index (χ1) is 8.80. The van der Waals surface area contributed by atoms with Gasteiger partial charge in [0, 0.05) is 24.2 Å². The first kappa shape index (κ1) is 14.2. The summed E-state index contributed by atoms with van der Waals surface area (Å²) in [7, 11) is 0. The largest absolute Gasteiger partial charge is 0.369 e. The van der Waals surface area contributed by atoms with Crippen LogP contribution in [-0.2, 0) is 16.0 Å². The Morgan fingerprint density at radius 2 is 2.11 bits per heavy atom. The van der Waals surface area contributed by atoms with Crippen LogP contribution in [0.1, 0.15) is 46.2 Å². The van der Waals surface area contributed by atoms with E-state index in [0.717, 1.165) is 12.1 Å². The predicted octanol–water partition coefficient (Wildman–Crippen LogP) is 3.18. The second kappa shape index (κ2) is 5.04. The minimum Gasteiger partial charge on any atom is -0.369 e. The zero-order valence-electron chi connectivity index (χ0n) is 12.3. The quantitative estimate of drug-likeness (QED) is 0.835. The van der Waals surface area contributed by atoms with Gasteiger partial charge in [-0.15, -0.1) is 0 Å². The number of hydrogen-bond acceptors (Lipinski definition) is 3. The Kier molecular flexibility index (Phi) is 3.77. The first-order valence-corrected chi connectivity index (χ1v) is 6.93. The molecule has 0 amide bonds. The van der Waals surface area contributed by atoms with Crippen molar-refractivity contribution in [2.45, 2.75) is 58.2 Å². The third-order valence-electron chi connectivity index (χ3n) is 3.82. The number of ether oxygens (including phenoxy) is 1. The van der Waals surface area contributed by atoms with E-state index in [0.29, 0.717) is 18.6 Å². The summed E-state index contributed by atoms with van der Waals surface area (Å²) in [6.07, 6.45) is 3.84. The second-order valence-electron chi connectivity index (χ2n) is 6.51. The standard InChI is InChI=1S/C16H23NO2/c1-15(2)11-13(16(3,4)19-15)14(18)9-8-12-7-5-6-10-17-12/h5-7,10,13H,8-9,11H2,1-4H3. The molecule has 2 heterocycles. The summed E-state index contributed by atoms with van der Waals surface area (Å²) in [6, 6.07) is 5.81. The molecular formula is C16H23NO2. The van der Waals surface area contributed by atoms with Crippen LogP contribution in [0, 0.1) is 5.92 Å². The van der Waals surface area contributed by atoms with Crippen LogP contribution in [0.2, 0.25) is 0 Å². The van der Waals surface area contributed by atoms with Gasteiger partial charge in [0.05, 0.1) is 11.2 Å². The van der Waals surface area contributed by atoms with Gasteiger partial charge in [-0.3, -0.25) is 9.78 Å². The maximum atomic E-state index is 12.4. The van der Waals surface area contributed by atoms with Gasteiger partial charge in [-0.05, 0) is 52.7 Å². The van der Waals surface area contributed by atoms with Crippen LogP contribution < -0.4 is 0 Å². The SMILES string of the molecule is CC1(C)CC(C(=O)CCc2ccccn2)C(C)(C)O1. The molecule has 1 aromatic heterocycles. The second-order valence-corrected chi connectivity index (χ2v) is 6.51. The Bertz CT molecular complexity index is 451. The number of nitrogens with zero attached hydrogens (tertiary/aromatic N) is 1. The van der Waals surface area contributed by atoms with Crippen molar-refractivity contribution in [3.8, 4) is 0 Å². The van der Waals surface area contributed by atoms with Crippen LogP contribution in [-0.4, -0.2) is 22.0 Å². The number of rotatable bonds is 4. The number of carbonyl (C=O) groups is 1. The van der Waals surface area contributed by atoms with E-state index in [2.05, 4.69) is 18.8 Å². The molecule has 1 saturated heterocycles. The van der Waals surface area contributed by atoms with Gasteiger partial charge in [0.2, 0.25) is 0 Å². The van der Waals surface area contributed by atoms with E-state index in [1.54, 1.807) is 6.20 Å². The van der Waals surface area contributed by atoms with Crippen LogP contribution in [0.3, 0.4) is 0 Å². The van der Waals surface area contributed by atoms with Gasteiger partial charge < -0.3 is 4.74 Å². The molecular weight excluding hydrogens is 238 g/mol. The summed E-state index contributed by atoms with van der Waals surface area (Å²) in [4.78, 5) is 16.7. The molecule has 0 aliphatic carbocycles. The topological polar surface area (TPSA) is 39.2 Å². The van der Waals surface area contributed by atoms with Gasteiger partial charge in [0.1, 0.15) is 5.78 Å². The Morgan fingerprint density at radius 1 is 1.37 bits per heavy atom. The fraction of sp³-hybridized carbons (Fsp3) is 0.625. The average molecular weight is 261 g/mol. The van der Waals surface area contributed by atoms with E-state index in [1.165, 1.54) is 0 Å². The van der Waals surface area contributed by atoms with Crippen molar-refractivity contribution in [1.82, 2.24) is 4.98 Å². The van der Waals surface area contributed by atoms with Crippen molar-refractivity contribution in [2.75, 3.05) is 0 Å².